The van der Waals surface area contributed by atoms with E-state index in [1.807, 2.05) is 13.8 Å². The van der Waals surface area contributed by atoms with E-state index in [0.717, 1.165) is 0 Å². The number of carbonyl (C=O) groups is 2. The van der Waals surface area contributed by atoms with Crippen molar-refractivity contribution >= 4 is 23.3 Å². The summed E-state index contributed by atoms with van der Waals surface area (Å²) in [5, 5.41) is 12.0. The van der Waals surface area contributed by atoms with Crippen LogP contribution in [0.15, 0.2) is 12.1 Å². The lowest BCUT2D eigenvalue weighted by Gasteiger charge is -2.21. The van der Waals surface area contributed by atoms with E-state index in [2.05, 4.69) is 5.32 Å². The predicted octanol–water partition coefficient (Wildman–Crippen LogP) is 1.20. The van der Waals surface area contributed by atoms with Gasteiger partial charge in [0, 0.05) is 11.4 Å². The molecule has 0 aromatic heterocycles. The SMILES string of the molecule is Cc1cc(NC(C(N)=O)C(C)C)cc(C(=O)O)c1N. The number of anilines is 2. The lowest BCUT2D eigenvalue weighted by Crippen LogP contribution is -2.39. The van der Waals surface area contributed by atoms with Crippen molar-refractivity contribution in [1.82, 2.24) is 0 Å². The van der Waals surface area contributed by atoms with Crippen molar-refractivity contribution in [3.63, 3.8) is 0 Å². The molecule has 0 aliphatic heterocycles. The van der Waals surface area contributed by atoms with Crippen LogP contribution in [0.1, 0.15) is 29.8 Å². The number of amides is 1. The van der Waals surface area contributed by atoms with Crippen LogP contribution in [0, 0.1) is 12.8 Å². The third-order valence-corrected chi connectivity index (χ3v) is 2.91. The van der Waals surface area contributed by atoms with Gasteiger partial charge in [-0.3, -0.25) is 4.79 Å². The molecule has 104 valence electrons. The monoisotopic (exact) mass is 265 g/mol. The number of aryl methyl sites for hydroxylation is 1. The molecule has 1 unspecified atom stereocenters. The molecule has 0 spiro atoms. The zero-order valence-electron chi connectivity index (χ0n) is 11.2. The molecule has 0 bridgehead atoms. The minimum absolute atomic E-state index is 0.00877. The van der Waals surface area contributed by atoms with Crippen molar-refractivity contribution in [3.05, 3.63) is 23.3 Å². The molecule has 1 rings (SSSR count). The van der Waals surface area contributed by atoms with E-state index < -0.39 is 17.9 Å². The first-order valence-electron chi connectivity index (χ1n) is 5.93. The van der Waals surface area contributed by atoms with Crippen LogP contribution < -0.4 is 16.8 Å². The predicted molar refractivity (Wildman–Crippen MR) is 74.0 cm³/mol. The Kier molecular flexibility index (Phi) is 4.37. The number of carbonyl (C=O) groups excluding carboxylic acids is 1. The first-order valence-corrected chi connectivity index (χ1v) is 5.93. The standard InChI is InChI=1S/C13H19N3O3/c1-6(2)11(12(15)17)16-8-4-7(3)10(14)9(5-8)13(18)19/h4-6,11,16H,14H2,1-3H3,(H2,15,17)(H,18,19). The highest BCUT2D eigenvalue weighted by Gasteiger charge is 2.20. The lowest BCUT2D eigenvalue weighted by atomic mass is 10.0. The Morgan fingerprint density at radius 3 is 2.32 bits per heavy atom. The largest absolute Gasteiger partial charge is 0.478 e. The number of carboxylic acid groups (broad SMARTS) is 1. The van der Waals surface area contributed by atoms with Crippen molar-refractivity contribution in [2.45, 2.75) is 26.8 Å². The first kappa shape index (κ1) is 14.8. The van der Waals surface area contributed by atoms with Gasteiger partial charge in [-0.2, -0.15) is 0 Å². The smallest absolute Gasteiger partial charge is 0.337 e. The zero-order valence-corrected chi connectivity index (χ0v) is 11.2. The van der Waals surface area contributed by atoms with Crippen LogP contribution in [-0.4, -0.2) is 23.0 Å². The highest BCUT2D eigenvalue weighted by atomic mass is 16.4. The first-order chi connectivity index (χ1) is 8.73. The number of hydrogen-bond acceptors (Lipinski definition) is 4. The lowest BCUT2D eigenvalue weighted by molar-refractivity contribution is -0.119. The van der Waals surface area contributed by atoms with Gasteiger partial charge in [-0.05, 0) is 30.5 Å². The normalized spacial score (nSPS) is 12.2. The number of benzene rings is 1. The third-order valence-electron chi connectivity index (χ3n) is 2.91. The number of rotatable bonds is 5. The molecule has 0 aliphatic rings. The number of nitrogen functional groups attached to an aromatic ring is 1. The molecule has 0 heterocycles. The van der Waals surface area contributed by atoms with Crippen LogP contribution in [0.4, 0.5) is 11.4 Å². The van der Waals surface area contributed by atoms with Gasteiger partial charge in [0.2, 0.25) is 5.91 Å². The molecule has 1 aromatic carbocycles. The van der Waals surface area contributed by atoms with Gasteiger partial charge in [-0.25, -0.2) is 4.79 Å². The van der Waals surface area contributed by atoms with Gasteiger partial charge >= 0.3 is 5.97 Å². The summed E-state index contributed by atoms with van der Waals surface area (Å²) in [6.07, 6.45) is 0. The zero-order chi connectivity index (χ0) is 14.7. The number of nitrogens with one attached hydrogen (secondary N) is 1. The van der Waals surface area contributed by atoms with Crippen molar-refractivity contribution in [3.8, 4) is 0 Å². The number of nitrogens with two attached hydrogens (primary N) is 2. The average Bonchev–Trinajstić information content (AvgIpc) is 2.28. The van der Waals surface area contributed by atoms with Crippen LogP contribution in [-0.2, 0) is 4.79 Å². The summed E-state index contributed by atoms with van der Waals surface area (Å²) in [5.74, 6) is -1.60. The Morgan fingerprint density at radius 2 is 1.89 bits per heavy atom. The van der Waals surface area contributed by atoms with E-state index in [1.54, 1.807) is 13.0 Å². The molecule has 6 heteroatoms. The quantitative estimate of drug-likeness (QED) is 0.596. The van der Waals surface area contributed by atoms with Crippen LogP contribution in [0.2, 0.25) is 0 Å². The molecule has 0 aliphatic carbocycles. The summed E-state index contributed by atoms with van der Waals surface area (Å²) < 4.78 is 0. The second-order valence-electron chi connectivity index (χ2n) is 4.83. The third kappa shape index (κ3) is 3.37. The fourth-order valence-electron chi connectivity index (χ4n) is 1.80. The molecule has 0 fully saturated rings. The molecule has 19 heavy (non-hydrogen) atoms. The second-order valence-corrected chi connectivity index (χ2v) is 4.83. The Labute approximate surface area is 111 Å². The molecule has 0 radical (unpaired) electrons. The molecule has 0 saturated heterocycles. The summed E-state index contributed by atoms with van der Waals surface area (Å²) in [6.45, 7) is 5.41. The molecular weight excluding hydrogens is 246 g/mol. The molecular formula is C13H19N3O3. The minimum atomic E-state index is -1.11. The highest BCUT2D eigenvalue weighted by Crippen LogP contribution is 2.24. The fraction of sp³-hybridized carbons (Fsp3) is 0.385. The van der Waals surface area contributed by atoms with E-state index in [4.69, 9.17) is 16.6 Å². The number of hydrogen-bond donors (Lipinski definition) is 4. The van der Waals surface area contributed by atoms with Gasteiger partial charge in [0.05, 0.1) is 5.56 Å². The van der Waals surface area contributed by atoms with Crippen LogP contribution in [0.3, 0.4) is 0 Å². The van der Waals surface area contributed by atoms with E-state index in [0.29, 0.717) is 11.3 Å². The van der Waals surface area contributed by atoms with Crippen molar-refractivity contribution in [2.24, 2.45) is 11.7 Å². The molecule has 1 aromatic rings. The minimum Gasteiger partial charge on any atom is -0.478 e. The van der Waals surface area contributed by atoms with Gasteiger partial charge in [-0.15, -0.1) is 0 Å². The summed E-state index contributed by atoms with van der Waals surface area (Å²) >= 11 is 0. The molecule has 0 saturated carbocycles. The van der Waals surface area contributed by atoms with E-state index in [-0.39, 0.29) is 17.2 Å². The van der Waals surface area contributed by atoms with Crippen molar-refractivity contribution in [2.75, 3.05) is 11.1 Å². The Bertz CT molecular complexity index is 512. The Morgan fingerprint density at radius 1 is 1.32 bits per heavy atom. The fourth-order valence-corrected chi connectivity index (χ4v) is 1.80. The summed E-state index contributed by atoms with van der Waals surface area (Å²) in [6, 6.07) is 2.54. The summed E-state index contributed by atoms with van der Waals surface area (Å²) in [4.78, 5) is 22.4. The van der Waals surface area contributed by atoms with Gasteiger partial charge < -0.3 is 21.9 Å². The molecule has 6 N–H and O–H groups in total. The van der Waals surface area contributed by atoms with Crippen molar-refractivity contribution in [1.29, 1.82) is 0 Å². The van der Waals surface area contributed by atoms with E-state index in [9.17, 15) is 9.59 Å². The van der Waals surface area contributed by atoms with Crippen LogP contribution in [0.25, 0.3) is 0 Å². The number of carboxylic acids is 1. The van der Waals surface area contributed by atoms with Crippen LogP contribution >= 0.6 is 0 Å². The van der Waals surface area contributed by atoms with Gasteiger partial charge in [0.1, 0.15) is 6.04 Å². The molecule has 1 amide bonds. The molecule has 6 nitrogen and oxygen atoms in total. The van der Waals surface area contributed by atoms with Gasteiger partial charge in [-0.1, -0.05) is 13.8 Å². The number of aromatic carboxylic acids is 1. The Hall–Kier alpha value is -2.24. The average molecular weight is 265 g/mol. The maximum atomic E-state index is 11.3. The van der Waals surface area contributed by atoms with Crippen LogP contribution in [0.5, 0.6) is 0 Å². The summed E-state index contributed by atoms with van der Waals surface area (Å²) in [7, 11) is 0. The van der Waals surface area contributed by atoms with Gasteiger partial charge in [0.15, 0.2) is 0 Å². The van der Waals surface area contributed by atoms with E-state index >= 15 is 0 Å². The molecule has 1 atom stereocenters. The maximum absolute atomic E-state index is 11.3. The second kappa shape index (κ2) is 5.60. The van der Waals surface area contributed by atoms with Crippen molar-refractivity contribution < 1.29 is 14.7 Å². The summed E-state index contributed by atoms with van der Waals surface area (Å²) in [5.41, 5.74) is 12.4. The number of primary amides is 1. The van der Waals surface area contributed by atoms with E-state index in [1.165, 1.54) is 6.07 Å². The Balaban J connectivity index is 3.15. The highest BCUT2D eigenvalue weighted by molar-refractivity contribution is 5.96. The topological polar surface area (TPSA) is 118 Å². The maximum Gasteiger partial charge on any atom is 0.337 e. The van der Waals surface area contributed by atoms with Gasteiger partial charge in [0.25, 0.3) is 0 Å².